The van der Waals surface area contributed by atoms with Crippen LogP contribution in [-0.2, 0) is 0 Å². The maximum Gasteiger partial charge on any atom is 0.231 e. The van der Waals surface area contributed by atoms with Crippen molar-refractivity contribution in [3.63, 3.8) is 0 Å². The van der Waals surface area contributed by atoms with Crippen LogP contribution >= 0.6 is 0 Å². The highest BCUT2D eigenvalue weighted by atomic mass is 16.7. The van der Waals surface area contributed by atoms with E-state index < -0.39 is 0 Å². The summed E-state index contributed by atoms with van der Waals surface area (Å²) in [7, 11) is 0. The fraction of sp³-hybridized carbons (Fsp3) is 0.150. The van der Waals surface area contributed by atoms with Gasteiger partial charge in [-0.05, 0) is 60.5 Å². The van der Waals surface area contributed by atoms with E-state index >= 15 is 0 Å². The third-order valence-corrected chi connectivity index (χ3v) is 4.33. The zero-order chi connectivity index (χ0) is 16.8. The van der Waals surface area contributed by atoms with Gasteiger partial charge in [0.15, 0.2) is 23.0 Å². The van der Waals surface area contributed by atoms with Gasteiger partial charge in [-0.2, -0.15) is 0 Å². The molecule has 0 atom stereocenters. The van der Waals surface area contributed by atoms with Crippen molar-refractivity contribution in [2.24, 2.45) is 0 Å². The Balaban J connectivity index is 1.58. The second kappa shape index (κ2) is 5.41. The maximum atomic E-state index is 5.49. The maximum absolute atomic E-state index is 5.49. The molecule has 5 rings (SSSR count). The number of benzene rings is 2. The van der Waals surface area contributed by atoms with Gasteiger partial charge in [0.2, 0.25) is 13.6 Å². The van der Waals surface area contributed by atoms with Gasteiger partial charge in [0.1, 0.15) is 0 Å². The second-order valence-electron chi connectivity index (χ2n) is 6.02. The molecular weight excluding hydrogens is 318 g/mol. The number of aromatic nitrogens is 1. The van der Waals surface area contributed by atoms with Gasteiger partial charge in [0, 0.05) is 11.3 Å². The fourth-order valence-electron chi connectivity index (χ4n) is 3.12. The molecule has 0 fully saturated rings. The average molecular weight is 333 g/mol. The van der Waals surface area contributed by atoms with Crippen LogP contribution in [0.3, 0.4) is 0 Å². The van der Waals surface area contributed by atoms with Gasteiger partial charge in [0.05, 0.1) is 5.69 Å². The van der Waals surface area contributed by atoms with Crippen LogP contribution in [0.4, 0.5) is 0 Å². The van der Waals surface area contributed by atoms with E-state index in [1.807, 2.05) is 43.3 Å². The Kier molecular flexibility index (Phi) is 3.06. The molecule has 0 radical (unpaired) electrons. The molecule has 0 saturated carbocycles. The molecular formula is C20H15NO4. The molecule has 0 aliphatic carbocycles. The second-order valence-corrected chi connectivity index (χ2v) is 6.02. The van der Waals surface area contributed by atoms with Crippen LogP contribution < -0.4 is 18.9 Å². The average Bonchev–Trinajstić information content (AvgIpc) is 3.28. The Morgan fingerprint density at radius 2 is 1.24 bits per heavy atom. The van der Waals surface area contributed by atoms with E-state index in [1.54, 1.807) is 0 Å². The van der Waals surface area contributed by atoms with Crippen LogP contribution in [0.25, 0.3) is 22.4 Å². The Bertz CT molecular complexity index is 908. The molecule has 124 valence electrons. The molecule has 0 N–H and O–H groups in total. The summed E-state index contributed by atoms with van der Waals surface area (Å²) in [6.07, 6.45) is 0. The normalized spacial score (nSPS) is 14.0. The van der Waals surface area contributed by atoms with Gasteiger partial charge in [-0.25, -0.2) is 0 Å². The summed E-state index contributed by atoms with van der Waals surface area (Å²) >= 11 is 0. The first-order valence-corrected chi connectivity index (χ1v) is 8.05. The van der Waals surface area contributed by atoms with Crippen molar-refractivity contribution in [2.75, 3.05) is 13.6 Å². The molecule has 2 aliphatic heterocycles. The van der Waals surface area contributed by atoms with Crippen molar-refractivity contribution in [1.82, 2.24) is 4.98 Å². The van der Waals surface area contributed by atoms with Crippen molar-refractivity contribution >= 4 is 0 Å². The van der Waals surface area contributed by atoms with Crippen LogP contribution in [0.2, 0.25) is 0 Å². The quantitative estimate of drug-likeness (QED) is 0.704. The highest BCUT2D eigenvalue weighted by Crippen LogP contribution is 2.38. The molecule has 1 aromatic heterocycles. The molecule has 0 unspecified atom stereocenters. The highest BCUT2D eigenvalue weighted by molar-refractivity contribution is 5.74. The SMILES string of the molecule is Cc1cc(-c2ccc3c(c2)OCO3)cc(-c2ccc3c(c2)OCO3)n1. The van der Waals surface area contributed by atoms with Crippen LogP contribution in [0.15, 0.2) is 48.5 Å². The lowest BCUT2D eigenvalue weighted by Crippen LogP contribution is -1.93. The van der Waals surface area contributed by atoms with Crippen molar-refractivity contribution in [1.29, 1.82) is 0 Å². The summed E-state index contributed by atoms with van der Waals surface area (Å²) in [5.41, 5.74) is 4.99. The lowest BCUT2D eigenvalue weighted by atomic mass is 10.0. The van der Waals surface area contributed by atoms with E-state index in [9.17, 15) is 0 Å². The van der Waals surface area contributed by atoms with E-state index in [0.717, 1.165) is 51.1 Å². The minimum atomic E-state index is 0.266. The van der Waals surface area contributed by atoms with Crippen LogP contribution in [0.1, 0.15) is 5.69 Å². The zero-order valence-electron chi connectivity index (χ0n) is 13.6. The predicted octanol–water partition coefficient (Wildman–Crippen LogP) is 4.18. The smallest absolute Gasteiger partial charge is 0.231 e. The predicted molar refractivity (Wildman–Crippen MR) is 92.1 cm³/mol. The third kappa shape index (κ3) is 2.45. The molecule has 3 aromatic rings. The van der Waals surface area contributed by atoms with E-state index in [-0.39, 0.29) is 13.6 Å². The highest BCUT2D eigenvalue weighted by Gasteiger charge is 2.16. The van der Waals surface area contributed by atoms with Gasteiger partial charge in [-0.15, -0.1) is 0 Å². The molecule has 2 aromatic carbocycles. The van der Waals surface area contributed by atoms with Crippen LogP contribution in [-0.4, -0.2) is 18.6 Å². The fourth-order valence-corrected chi connectivity index (χ4v) is 3.12. The first-order valence-electron chi connectivity index (χ1n) is 8.05. The number of hydrogen-bond acceptors (Lipinski definition) is 5. The minimum absolute atomic E-state index is 0.266. The minimum Gasteiger partial charge on any atom is -0.454 e. The molecule has 5 heteroatoms. The van der Waals surface area contributed by atoms with Crippen molar-refractivity contribution in [3.8, 4) is 45.4 Å². The Morgan fingerprint density at radius 1 is 0.640 bits per heavy atom. The molecule has 2 aliphatic rings. The van der Waals surface area contributed by atoms with Crippen molar-refractivity contribution < 1.29 is 18.9 Å². The first kappa shape index (κ1) is 14.2. The zero-order valence-corrected chi connectivity index (χ0v) is 13.6. The van der Waals surface area contributed by atoms with Gasteiger partial charge < -0.3 is 18.9 Å². The van der Waals surface area contributed by atoms with E-state index in [4.69, 9.17) is 18.9 Å². The van der Waals surface area contributed by atoms with Gasteiger partial charge in [-0.1, -0.05) is 6.07 Å². The lowest BCUT2D eigenvalue weighted by Gasteiger charge is -2.09. The lowest BCUT2D eigenvalue weighted by molar-refractivity contribution is 0.173. The molecule has 25 heavy (non-hydrogen) atoms. The van der Waals surface area contributed by atoms with Gasteiger partial charge in [-0.3, -0.25) is 4.98 Å². The number of aryl methyl sites for hydroxylation is 1. The largest absolute Gasteiger partial charge is 0.454 e. The monoisotopic (exact) mass is 333 g/mol. The summed E-state index contributed by atoms with van der Waals surface area (Å²) in [5, 5.41) is 0. The van der Waals surface area contributed by atoms with E-state index in [0.29, 0.717) is 0 Å². The van der Waals surface area contributed by atoms with E-state index in [1.165, 1.54) is 0 Å². The Hall–Kier alpha value is -3.21. The van der Waals surface area contributed by atoms with Crippen LogP contribution in [0.5, 0.6) is 23.0 Å². The summed E-state index contributed by atoms with van der Waals surface area (Å²) in [4.78, 5) is 4.68. The summed E-state index contributed by atoms with van der Waals surface area (Å²) < 4.78 is 21.7. The topological polar surface area (TPSA) is 49.8 Å². The first-order chi connectivity index (χ1) is 12.3. The Labute approximate surface area is 144 Å². The van der Waals surface area contributed by atoms with Gasteiger partial charge >= 0.3 is 0 Å². The number of nitrogens with zero attached hydrogens (tertiary/aromatic N) is 1. The number of ether oxygens (including phenoxy) is 4. The molecule has 0 spiro atoms. The summed E-state index contributed by atoms with van der Waals surface area (Å²) in [5.74, 6) is 3.08. The summed E-state index contributed by atoms with van der Waals surface area (Å²) in [6.45, 7) is 2.53. The standard InChI is InChI=1S/C20H15NO4/c1-12-6-15(13-2-4-17-19(8-13)24-10-22-17)7-16(21-12)14-3-5-18-20(9-14)25-11-23-18/h2-9H,10-11H2,1H3. The van der Waals surface area contributed by atoms with Gasteiger partial charge in [0.25, 0.3) is 0 Å². The van der Waals surface area contributed by atoms with Crippen LogP contribution in [0, 0.1) is 6.92 Å². The van der Waals surface area contributed by atoms with Crippen molar-refractivity contribution in [2.45, 2.75) is 6.92 Å². The number of fused-ring (bicyclic) bond motifs is 2. The molecule has 0 bridgehead atoms. The molecule has 0 saturated heterocycles. The van der Waals surface area contributed by atoms with E-state index in [2.05, 4.69) is 17.1 Å². The van der Waals surface area contributed by atoms with Crippen molar-refractivity contribution in [3.05, 3.63) is 54.2 Å². The number of pyridine rings is 1. The molecule has 5 nitrogen and oxygen atoms in total. The molecule has 3 heterocycles. The number of hydrogen-bond donors (Lipinski definition) is 0. The summed E-state index contributed by atoms with van der Waals surface area (Å²) in [6, 6.07) is 16.0. The third-order valence-electron chi connectivity index (χ3n) is 4.33. The number of rotatable bonds is 2. The Morgan fingerprint density at radius 3 is 1.96 bits per heavy atom. The molecule has 0 amide bonds.